The third kappa shape index (κ3) is 0.736. The highest BCUT2D eigenvalue weighted by Gasteiger charge is 2.40. The van der Waals surface area contributed by atoms with E-state index in [0.29, 0.717) is 11.8 Å². The molecule has 2 rings (SSSR count). The first-order valence-corrected chi connectivity index (χ1v) is 3.73. The van der Waals surface area contributed by atoms with Gasteiger partial charge in [0.05, 0.1) is 5.92 Å². The number of nitrogens with one attached hydrogen (secondary N) is 1. The van der Waals surface area contributed by atoms with Crippen LogP contribution in [-0.2, 0) is 4.79 Å². The standard InChI is InChI=1S/C7H12N2O/c1-9-3-5-2-8-7(10)6(5)4-9/h5-6H,2-4H2,1H3,(H,8,10). The third-order valence-electron chi connectivity index (χ3n) is 2.50. The summed E-state index contributed by atoms with van der Waals surface area (Å²) in [5, 5.41) is 2.88. The minimum absolute atomic E-state index is 0.259. The lowest BCUT2D eigenvalue weighted by atomic mass is 10.0. The lowest BCUT2D eigenvalue weighted by molar-refractivity contribution is -0.122. The summed E-state index contributed by atoms with van der Waals surface area (Å²) < 4.78 is 0. The van der Waals surface area contributed by atoms with Crippen LogP contribution >= 0.6 is 0 Å². The van der Waals surface area contributed by atoms with Gasteiger partial charge in [-0.15, -0.1) is 0 Å². The SMILES string of the molecule is CN1CC2CNC(=O)C2C1. The molecule has 0 bridgehead atoms. The van der Waals surface area contributed by atoms with Crippen LogP contribution in [-0.4, -0.2) is 37.5 Å². The van der Waals surface area contributed by atoms with Crippen LogP contribution in [0.15, 0.2) is 0 Å². The zero-order valence-electron chi connectivity index (χ0n) is 6.13. The Kier molecular flexibility index (Phi) is 1.20. The van der Waals surface area contributed by atoms with E-state index in [9.17, 15) is 4.79 Å². The Bertz CT molecular complexity index is 169. The first kappa shape index (κ1) is 6.16. The number of hydrogen-bond acceptors (Lipinski definition) is 2. The predicted octanol–water partition coefficient (Wildman–Crippen LogP) is -0.706. The molecule has 2 unspecified atom stereocenters. The molecule has 0 radical (unpaired) electrons. The van der Waals surface area contributed by atoms with Crippen LogP contribution in [0, 0.1) is 11.8 Å². The molecule has 2 fully saturated rings. The van der Waals surface area contributed by atoms with Crippen LogP contribution in [0.1, 0.15) is 0 Å². The van der Waals surface area contributed by atoms with E-state index in [0.717, 1.165) is 19.6 Å². The van der Waals surface area contributed by atoms with E-state index in [4.69, 9.17) is 0 Å². The van der Waals surface area contributed by atoms with Crippen LogP contribution in [0.25, 0.3) is 0 Å². The molecular weight excluding hydrogens is 128 g/mol. The molecule has 0 aromatic rings. The first-order valence-electron chi connectivity index (χ1n) is 3.73. The van der Waals surface area contributed by atoms with E-state index in [-0.39, 0.29) is 5.91 Å². The van der Waals surface area contributed by atoms with Crippen molar-refractivity contribution >= 4 is 5.91 Å². The van der Waals surface area contributed by atoms with Gasteiger partial charge in [-0.3, -0.25) is 4.79 Å². The molecule has 10 heavy (non-hydrogen) atoms. The molecule has 2 atom stereocenters. The summed E-state index contributed by atoms with van der Waals surface area (Å²) in [6.07, 6.45) is 0. The second kappa shape index (κ2) is 1.95. The number of nitrogens with zero attached hydrogens (tertiary/aromatic N) is 1. The number of carbonyl (C=O) groups excluding carboxylic acids is 1. The average Bonchev–Trinajstić information content (AvgIpc) is 2.35. The number of rotatable bonds is 0. The summed E-state index contributed by atoms with van der Waals surface area (Å²) in [6.45, 7) is 2.94. The van der Waals surface area contributed by atoms with Crippen molar-refractivity contribution in [3.63, 3.8) is 0 Å². The molecule has 0 spiro atoms. The summed E-state index contributed by atoms with van der Waals surface area (Å²) in [6, 6.07) is 0. The number of likely N-dealkylation sites (tertiary alicyclic amines) is 1. The summed E-state index contributed by atoms with van der Waals surface area (Å²) in [5.74, 6) is 1.15. The van der Waals surface area contributed by atoms with Crippen LogP contribution < -0.4 is 5.32 Å². The summed E-state index contributed by atoms with van der Waals surface area (Å²) in [5.41, 5.74) is 0. The molecule has 2 saturated heterocycles. The Morgan fingerprint density at radius 2 is 2.40 bits per heavy atom. The van der Waals surface area contributed by atoms with Crippen LogP contribution in [0.3, 0.4) is 0 Å². The van der Waals surface area contributed by atoms with E-state index in [2.05, 4.69) is 17.3 Å². The van der Waals surface area contributed by atoms with Crippen LogP contribution in [0.2, 0.25) is 0 Å². The highest BCUT2D eigenvalue weighted by Crippen LogP contribution is 2.25. The fourth-order valence-electron chi connectivity index (χ4n) is 1.95. The van der Waals surface area contributed by atoms with Gasteiger partial charge in [0.15, 0.2) is 0 Å². The normalized spacial score (nSPS) is 39.9. The fraction of sp³-hybridized carbons (Fsp3) is 0.857. The van der Waals surface area contributed by atoms with Crippen LogP contribution in [0.5, 0.6) is 0 Å². The lowest BCUT2D eigenvalue weighted by Crippen LogP contribution is -2.26. The Balaban J connectivity index is 2.12. The number of hydrogen-bond donors (Lipinski definition) is 1. The highest BCUT2D eigenvalue weighted by atomic mass is 16.2. The van der Waals surface area contributed by atoms with Crippen molar-refractivity contribution in [1.82, 2.24) is 10.2 Å². The molecular formula is C7H12N2O. The zero-order chi connectivity index (χ0) is 7.14. The van der Waals surface area contributed by atoms with Gasteiger partial charge in [0, 0.05) is 25.6 Å². The van der Waals surface area contributed by atoms with E-state index in [1.807, 2.05) is 0 Å². The summed E-state index contributed by atoms with van der Waals surface area (Å²) in [7, 11) is 2.08. The zero-order valence-corrected chi connectivity index (χ0v) is 6.13. The molecule has 2 aliphatic heterocycles. The van der Waals surface area contributed by atoms with Crippen molar-refractivity contribution in [2.24, 2.45) is 11.8 Å². The lowest BCUT2D eigenvalue weighted by Gasteiger charge is -2.07. The summed E-state index contributed by atoms with van der Waals surface area (Å²) in [4.78, 5) is 13.3. The molecule has 0 aliphatic carbocycles. The van der Waals surface area contributed by atoms with Crippen molar-refractivity contribution in [3.05, 3.63) is 0 Å². The Morgan fingerprint density at radius 1 is 1.60 bits per heavy atom. The predicted molar refractivity (Wildman–Crippen MR) is 37.5 cm³/mol. The average molecular weight is 140 g/mol. The van der Waals surface area contributed by atoms with Crippen molar-refractivity contribution in [2.75, 3.05) is 26.7 Å². The van der Waals surface area contributed by atoms with Gasteiger partial charge in [-0.25, -0.2) is 0 Å². The largest absolute Gasteiger partial charge is 0.355 e. The Hall–Kier alpha value is -0.570. The Labute approximate surface area is 60.4 Å². The molecule has 2 aliphatic rings. The van der Waals surface area contributed by atoms with E-state index in [1.54, 1.807) is 0 Å². The highest BCUT2D eigenvalue weighted by molar-refractivity contribution is 5.81. The molecule has 2 heterocycles. The number of amides is 1. The van der Waals surface area contributed by atoms with Crippen molar-refractivity contribution in [3.8, 4) is 0 Å². The van der Waals surface area contributed by atoms with Crippen molar-refractivity contribution < 1.29 is 4.79 Å². The number of fused-ring (bicyclic) bond motifs is 1. The smallest absolute Gasteiger partial charge is 0.224 e. The maximum atomic E-state index is 11.1. The topological polar surface area (TPSA) is 32.3 Å². The molecule has 3 nitrogen and oxygen atoms in total. The number of carbonyl (C=O) groups is 1. The van der Waals surface area contributed by atoms with E-state index < -0.39 is 0 Å². The molecule has 3 heteroatoms. The first-order chi connectivity index (χ1) is 4.77. The van der Waals surface area contributed by atoms with Crippen LogP contribution in [0.4, 0.5) is 0 Å². The minimum atomic E-state index is 0.259. The van der Waals surface area contributed by atoms with Gasteiger partial charge in [0.2, 0.25) is 5.91 Å². The van der Waals surface area contributed by atoms with Gasteiger partial charge >= 0.3 is 0 Å². The van der Waals surface area contributed by atoms with Crippen molar-refractivity contribution in [2.45, 2.75) is 0 Å². The molecule has 1 N–H and O–H groups in total. The fourth-order valence-corrected chi connectivity index (χ4v) is 1.95. The van der Waals surface area contributed by atoms with E-state index >= 15 is 0 Å². The molecule has 0 aromatic carbocycles. The maximum absolute atomic E-state index is 11.1. The van der Waals surface area contributed by atoms with E-state index in [1.165, 1.54) is 0 Å². The monoisotopic (exact) mass is 140 g/mol. The third-order valence-corrected chi connectivity index (χ3v) is 2.50. The Morgan fingerprint density at radius 3 is 3.10 bits per heavy atom. The van der Waals surface area contributed by atoms with Gasteiger partial charge in [-0.1, -0.05) is 0 Å². The second-order valence-electron chi connectivity index (χ2n) is 3.33. The molecule has 0 aromatic heterocycles. The summed E-state index contributed by atoms with van der Waals surface area (Å²) >= 11 is 0. The van der Waals surface area contributed by atoms with Gasteiger partial charge in [0.1, 0.15) is 0 Å². The molecule has 56 valence electrons. The molecule has 0 saturated carbocycles. The molecule has 1 amide bonds. The quantitative estimate of drug-likeness (QED) is 0.482. The van der Waals surface area contributed by atoms with Gasteiger partial charge in [-0.05, 0) is 7.05 Å². The van der Waals surface area contributed by atoms with Gasteiger partial charge in [0.25, 0.3) is 0 Å². The van der Waals surface area contributed by atoms with Gasteiger partial charge < -0.3 is 10.2 Å². The second-order valence-corrected chi connectivity index (χ2v) is 3.33. The maximum Gasteiger partial charge on any atom is 0.224 e. The van der Waals surface area contributed by atoms with Gasteiger partial charge in [-0.2, -0.15) is 0 Å². The van der Waals surface area contributed by atoms with Crippen molar-refractivity contribution in [1.29, 1.82) is 0 Å². The minimum Gasteiger partial charge on any atom is -0.355 e.